The second kappa shape index (κ2) is 6.69. The van der Waals surface area contributed by atoms with Crippen molar-refractivity contribution < 1.29 is 4.79 Å². The summed E-state index contributed by atoms with van der Waals surface area (Å²) in [5.74, 6) is 0.693. The van der Waals surface area contributed by atoms with Crippen LogP contribution in [0.15, 0.2) is 24.3 Å². The van der Waals surface area contributed by atoms with Gasteiger partial charge in [-0.2, -0.15) is 0 Å². The predicted octanol–water partition coefficient (Wildman–Crippen LogP) is 3.53. The molecule has 1 aromatic carbocycles. The van der Waals surface area contributed by atoms with Crippen LogP contribution in [0.5, 0.6) is 0 Å². The SMILES string of the molecule is CC(C)Cc1ccc(CCNC(=O)Br)cc1. The highest BCUT2D eigenvalue weighted by Crippen LogP contribution is 2.10. The topological polar surface area (TPSA) is 29.1 Å². The normalized spacial score (nSPS) is 10.5. The van der Waals surface area contributed by atoms with Gasteiger partial charge < -0.3 is 5.32 Å². The Morgan fingerprint density at radius 2 is 1.81 bits per heavy atom. The standard InChI is InChI=1S/C13H18BrNO/c1-10(2)9-12-5-3-11(4-6-12)7-8-15-13(14)16/h3-6,10H,7-9H2,1-2H3,(H,15,16). The third-order valence-corrected chi connectivity index (χ3v) is 2.62. The fourth-order valence-corrected chi connectivity index (χ4v) is 1.82. The van der Waals surface area contributed by atoms with Crippen molar-refractivity contribution in [2.24, 2.45) is 5.92 Å². The van der Waals surface area contributed by atoms with Crippen LogP contribution >= 0.6 is 15.9 Å². The Hall–Kier alpha value is -0.830. The maximum absolute atomic E-state index is 10.6. The molecule has 0 aliphatic rings. The number of halogens is 1. The average molecular weight is 284 g/mol. The third-order valence-electron chi connectivity index (χ3n) is 2.34. The van der Waals surface area contributed by atoms with E-state index in [1.807, 2.05) is 0 Å². The van der Waals surface area contributed by atoms with Crippen molar-refractivity contribution in [3.05, 3.63) is 35.4 Å². The third kappa shape index (κ3) is 5.31. The fourth-order valence-electron chi connectivity index (χ4n) is 1.62. The van der Waals surface area contributed by atoms with E-state index in [-0.39, 0.29) is 4.82 Å². The number of hydrogen-bond acceptors (Lipinski definition) is 1. The number of rotatable bonds is 5. The number of amides is 1. The Morgan fingerprint density at radius 3 is 2.31 bits per heavy atom. The van der Waals surface area contributed by atoms with Gasteiger partial charge in [0, 0.05) is 22.5 Å². The van der Waals surface area contributed by atoms with E-state index < -0.39 is 0 Å². The van der Waals surface area contributed by atoms with Crippen molar-refractivity contribution in [1.29, 1.82) is 0 Å². The van der Waals surface area contributed by atoms with Crippen LogP contribution in [-0.4, -0.2) is 11.4 Å². The molecule has 0 radical (unpaired) electrons. The van der Waals surface area contributed by atoms with Crippen LogP contribution in [0.3, 0.4) is 0 Å². The van der Waals surface area contributed by atoms with E-state index in [4.69, 9.17) is 0 Å². The highest BCUT2D eigenvalue weighted by atomic mass is 79.9. The summed E-state index contributed by atoms with van der Waals surface area (Å²) in [6.07, 6.45) is 2.00. The van der Waals surface area contributed by atoms with E-state index in [0.717, 1.165) is 12.8 Å². The van der Waals surface area contributed by atoms with Crippen molar-refractivity contribution in [3.8, 4) is 0 Å². The van der Waals surface area contributed by atoms with Gasteiger partial charge in [-0.15, -0.1) is 0 Å². The molecule has 0 aliphatic heterocycles. The highest BCUT2D eigenvalue weighted by Gasteiger charge is 1.99. The lowest BCUT2D eigenvalue weighted by atomic mass is 10.0. The lowest BCUT2D eigenvalue weighted by Gasteiger charge is -2.06. The first kappa shape index (κ1) is 13.2. The van der Waals surface area contributed by atoms with Crippen LogP contribution in [-0.2, 0) is 12.8 Å². The molecular weight excluding hydrogens is 266 g/mol. The predicted molar refractivity (Wildman–Crippen MR) is 71.0 cm³/mol. The lowest BCUT2D eigenvalue weighted by molar-refractivity contribution is 0.262. The van der Waals surface area contributed by atoms with E-state index in [1.165, 1.54) is 11.1 Å². The van der Waals surface area contributed by atoms with Crippen molar-refractivity contribution >= 4 is 20.7 Å². The first-order valence-corrected chi connectivity index (χ1v) is 6.38. The first-order chi connectivity index (χ1) is 7.58. The van der Waals surface area contributed by atoms with Crippen LogP contribution in [0.4, 0.5) is 4.79 Å². The molecule has 0 heterocycles. The minimum atomic E-state index is -0.149. The summed E-state index contributed by atoms with van der Waals surface area (Å²) in [6, 6.07) is 8.62. The largest absolute Gasteiger partial charge is 0.346 e. The second-order valence-corrected chi connectivity index (χ2v) is 5.09. The summed E-state index contributed by atoms with van der Waals surface area (Å²) >= 11 is 2.84. The Bertz CT molecular complexity index is 332. The molecule has 1 aromatic rings. The smallest absolute Gasteiger partial charge is 0.287 e. The molecule has 0 unspecified atom stereocenters. The van der Waals surface area contributed by atoms with Gasteiger partial charge in [-0.1, -0.05) is 38.1 Å². The molecular formula is C13H18BrNO. The molecule has 0 fully saturated rings. The molecule has 0 spiro atoms. The van der Waals surface area contributed by atoms with Crippen molar-refractivity contribution in [3.63, 3.8) is 0 Å². The lowest BCUT2D eigenvalue weighted by Crippen LogP contribution is -2.18. The van der Waals surface area contributed by atoms with Gasteiger partial charge in [-0.25, -0.2) is 0 Å². The van der Waals surface area contributed by atoms with Gasteiger partial charge >= 0.3 is 0 Å². The van der Waals surface area contributed by atoms with Gasteiger partial charge in [0.05, 0.1) is 0 Å². The van der Waals surface area contributed by atoms with Crippen LogP contribution in [0.25, 0.3) is 0 Å². The minimum Gasteiger partial charge on any atom is -0.346 e. The van der Waals surface area contributed by atoms with Crippen LogP contribution in [0, 0.1) is 5.92 Å². The zero-order valence-electron chi connectivity index (χ0n) is 9.79. The molecule has 0 saturated carbocycles. The molecule has 88 valence electrons. The molecule has 1 rings (SSSR count). The maximum atomic E-state index is 10.6. The molecule has 0 atom stereocenters. The summed E-state index contributed by atoms with van der Waals surface area (Å²) < 4.78 is 0. The van der Waals surface area contributed by atoms with Crippen molar-refractivity contribution in [2.75, 3.05) is 6.54 Å². The van der Waals surface area contributed by atoms with E-state index in [2.05, 4.69) is 59.4 Å². The second-order valence-electron chi connectivity index (χ2n) is 4.36. The zero-order chi connectivity index (χ0) is 12.0. The molecule has 0 aliphatic carbocycles. The van der Waals surface area contributed by atoms with Gasteiger partial charge in [0.1, 0.15) is 0 Å². The Morgan fingerprint density at radius 1 is 1.25 bits per heavy atom. The summed E-state index contributed by atoms with van der Waals surface area (Å²) in [4.78, 5) is 10.5. The van der Waals surface area contributed by atoms with Crippen LogP contribution in [0.2, 0.25) is 0 Å². The summed E-state index contributed by atoms with van der Waals surface area (Å²) in [7, 11) is 0. The highest BCUT2D eigenvalue weighted by molar-refractivity contribution is 9.18. The van der Waals surface area contributed by atoms with E-state index in [9.17, 15) is 4.79 Å². The number of hydrogen-bond donors (Lipinski definition) is 1. The molecule has 1 N–H and O–H groups in total. The van der Waals surface area contributed by atoms with Gasteiger partial charge in [-0.3, -0.25) is 4.79 Å². The Balaban J connectivity index is 2.42. The molecule has 0 saturated heterocycles. The molecule has 3 heteroatoms. The van der Waals surface area contributed by atoms with E-state index >= 15 is 0 Å². The van der Waals surface area contributed by atoms with Gasteiger partial charge in [-0.05, 0) is 29.9 Å². The fraction of sp³-hybridized carbons (Fsp3) is 0.462. The van der Waals surface area contributed by atoms with Crippen molar-refractivity contribution in [2.45, 2.75) is 26.7 Å². The monoisotopic (exact) mass is 283 g/mol. The molecule has 0 aromatic heterocycles. The molecule has 0 bridgehead atoms. The first-order valence-electron chi connectivity index (χ1n) is 5.59. The van der Waals surface area contributed by atoms with Gasteiger partial charge in [0.2, 0.25) is 0 Å². The number of nitrogens with one attached hydrogen (secondary N) is 1. The summed E-state index contributed by atoms with van der Waals surface area (Å²) in [5.41, 5.74) is 2.64. The van der Waals surface area contributed by atoms with E-state index in [1.54, 1.807) is 0 Å². The zero-order valence-corrected chi connectivity index (χ0v) is 11.4. The Labute approximate surface area is 106 Å². The van der Waals surface area contributed by atoms with Gasteiger partial charge in [0.25, 0.3) is 4.82 Å². The summed E-state index contributed by atoms with van der Waals surface area (Å²) in [5, 5.41) is 2.72. The van der Waals surface area contributed by atoms with Crippen LogP contribution in [0.1, 0.15) is 25.0 Å². The quantitative estimate of drug-likeness (QED) is 0.650. The molecule has 1 amide bonds. The maximum Gasteiger partial charge on any atom is 0.287 e. The minimum absolute atomic E-state index is 0.149. The molecule has 2 nitrogen and oxygen atoms in total. The van der Waals surface area contributed by atoms with Crippen molar-refractivity contribution in [1.82, 2.24) is 5.32 Å². The van der Waals surface area contributed by atoms with Gasteiger partial charge in [0.15, 0.2) is 0 Å². The molecule has 16 heavy (non-hydrogen) atoms. The Kier molecular flexibility index (Phi) is 5.53. The number of carbonyl (C=O) groups is 1. The summed E-state index contributed by atoms with van der Waals surface area (Å²) in [6.45, 7) is 5.12. The van der Waals surface area contributed by atoms with Crippen LogP contribution < -0.4 is 5.32 Å². The van der Waals surface area contributed by atoms with E-state index in [0.29, 0.717) is 12.5 Å². The average Bonchev–Trinajstić information content (AvgIpc) is 2.19. The number of carbonyl (C=O) groups excluding carboxylic acids is 1. The number of benzene rings is 1.